The lowest BCUT2D eigenvalue weighted by molar-refractivity contribution is -0.402. The Hall–Kier alpha value is -1.92. The maximum atomic E-state index is 12.4. The normalized spacial score (nSPS) is 20.5. The molecule has 0 saturated heterocycles. The summed E-state index contributed by atoms with van der Waals surface area (Å²) in [5.41, 5.74) is -2.99. The van der Waals surface area contributed by atoms with E-state index in [-0.39, 0.29) is 6.42 Å². The fraction of sp³-hybridized carbons (Fsp3) is 0.733. The lowest BCUT2D eigenvalue weighted by atomic mass is 10.0. The first-order chi connectivity index (χ1) is 9.78. The molecule has 0 radical (unpaired) electrons. The van der Waals surface area contributed by atoms with Gasteiger partial charge in [0.1, 0.15) is 11.2 Å². The molecule has 1 aliphatic rings. The van der Waals surface area contributed by atoms with Crippen molar-refractivity contribution in [3.63, 3.8) is 0 Å². The largest absolute Gasteiger partial charge is 0.459 e. The summed E-state index contributed by atoms with van der Waals surface area (Å²) in [5, 5.41) is 10.4. The van der Waals surface area contributed by atoms with Crippen molar-refractivity contribution in [3.05, 3.63) is 22.4 Å². The number of hydrogen-bond donors (Lipinski definition) is 0. The monoisotopic (exact) mass is 313 g/mol. The summed E-state index contributed by atoms with van der Waals surface area (Å²) in [7, 11) is 0. The Kier molecular flexibility index (Phi) is 4.70. The molecule has 0 aromatic heterocycles. The molecule has 0 aliphatic heterocycles. The van der Waals surface area contributed by atoms with Gasteiger partial charge in [-0.05, 0) is 54.0 Å². The van der Waals surface area contributed by atoms with Crippen LogP contribution in [0.5, 0.6) is 0 Å². The molecular formula is C15H23NO6. The molecule has 7 heteroatoms. The van der Waals surface area contributed by atoms with Crippen LogP contribution in [0.15, 0.2) is 12.3 Å². The van der Waals surface area contributed by atoms with Crippen LogP contribution in [0.2, 0.25) is 0 Å². The van der Waals surface area contributed by atoms with Crippen LogP contribution in [-0.2, 0) is 19.1 Å². The van der Waals surface area contributed by atoms with Gasteiger partial charge in [0.25, 0.3) is 0 Å². The summed E-state index contributed by atoms with van der Waals surface area (Å²) in [6.45, 7) is 10.2. The number of allylic oxidation sites excluding steroid dienone is 1. The number of hydrogen-bond acceptors (Lipinski definition) is 6. The molecule has 1 saturated carbocycles. The number of ether oxygens (including phenoxy) is 2. The highest BCUT2D eigenvalue weighted by molar-refractivity contribution is 6.04. The molecule has 124 valence electrons. The second-order valence-electron chi connectivity index (χ2n) is 7.41. The van der Waals surface area contributed by atoms with Gasteiger partial charge in [0.15, 0.2) is 5.41 Å². The lowest BCUT2D eigenvalue weighted by Crippen LogP contribution is -2.39. The first-order valence-electron chi connectivity index (χ1n) is 7.07. The van der Waals surface area contributed by atoms with E-state index in [0.29, 0.717) is 0 Å². The molecule has 0 bridgehead atoms. The van der Waals surface area contributed by atoms with Gasteiger partial charge < -0.3 is 9.47 Å². The third kappa shape index (κ3) is 4.54. The van der Waals surface area contributed by atoms with Crippen LogP contribution in [0.4, 0.5) is 0 Å². The van der Waals surface area contributed by atoms with Crippen molar-refractivity contribution < 1.29 is 24.0 Å². The van der Waals surface area contributed by atoms with Crippen LogP contribution in [0, 0.1) is 21.4 Å². The van der Waals surface area contributed by atoms with Crippen molar-refractivity contribution >= 4 is 11.9 Å². The quantitative estimate of drug-likeness (QED) is 0.342. The molecule has 0 amide bonds. The van der Waals surface area contributed by atoms with Crippen LogP contribution >= 0.6 is 0 Å². The Morgan fingerprint density at radius 1 is 1.09 bits per heavy atom. The molecule has 0 N–H and O–H groups in total. The van der Waals surface area contributed by atoms with Crippen molar-refractivity contribution in [2.24, 2.45) is 11.3 Å². The van der Waals surface area contributed by atoms with E-state index in [1.165, 1.54) is 6.08 Å². The van der Waals surface area contributed by atoms with Gasteiger partial charge in [-0.15, -0.1) is 0 Å². The van der Waals surface area contributed by atoms with Crippen LogP contribution in [-0.4, -0.2) is 28.1 Å². The molecule has 1 rings (SSSR count). The first-order valence-corrected chi connectivity index (χ1v) is 7.07. The van der Waals surface area contributed by atoms with Gasteiger partial charge in [-0.3, -0.25) is 19.7 Å². The zero-order valence-corrected chi connectivity index (χ0v) is 13.8. The summed E-state index contributed by atoms with van der Waals surface area (Å²) in [5.74, 6) is -1.98. The predicted molar refractivity (Wildman–Crippen MR) is 78.4 cm³/mol. The van der Waals surface area contributed by atoms with Gasteiger partial charge >= 0.3 is 11.9 Å². The molecule has 1 atom stereocenters. The molecule has 1 unspecified atom stereocenters. The smallest absolute Gasteiger partial charge is 0.324 e. The molecular weight excluding hydrogens is 290 g/mol. The van der Waals surface area contributed by atoms with Crippen LogP contribution < -0.4 is 0 Å². The Labute approximate surface area is 129 Å². The summed E-state index contributed by atoms with van der Waals surface area (Å²) in [6, 6.07) is 0. The van der Waals surface area contributed by atoms with Crippen molar-refractivity contribution in [2.45, 2.75) is 59.2 Å². The van der Waals surface area contributed by atoms with Gasteiger partial charge in [-0.2, -0.15) is 0 Å². The Balaban J connectivity index is 3.01. The molecule has 22 heavy (non-hydrogen) atoms. The number of nitrogens with zero attached hydrogens (tertiary/aromatic N) is 1. The first kappa shape index (κ1) is 18.1. The van der Waals surface area contributed by atoms with Crippen molar-refractivity contribution in [3.8, 4) is 0 Å². The minimum atomic E-state index is -1.48. The topological polar surface area (TPSA) is 95.7 Å². The summed E-state index contributed by atoms with van der Waals surface area (Å²) >= 11 is 0. The number of carbonyl (C=O) groups excluding carboxylic acids is 2. The summed E-state index contributed by atoms with van der Waals surface area (Å²) in [6.07, 6.45) is 2.14. The van der Waals surface area contributed by atoms with Crippen LogP contribution in [0.25, 0.3) is 0 Å². The summed E-state index contributed by atoms with van der Waals surface area (Å²) in [4.78, 5) is 34.6. The van der Waals surface area contributed by atoms with Gasteiger partial charge in [0, 0.05) is 5.92 Å². The minimum Gasteiger partial charge on any atom is -0.459 e. The highest BCUT2D eigenvalue weighted by Crippen LogP contribution is 2.56. The fourth-order valence-electron chi connectivity index (χ4n) is 1.99. The van der Waals surface area contributed by atoms with E-state index < -0.39 is 39.4 Å². The molecule has 7 nitrogen and oxygen atoms in total. The second kappa shape index (κ2) is 5.70. The van der Waals surface area contributed by atoms with E-state index in [9.17, 15) is 19.7 Å². The van der Waals surface area contributed by atoms with Crippen molar-refractivity contribution in [1.29, 1.82) is 0 Å². The lowest BCUT2D eigenvalue weighted by Gasteiger charge is -2.26. The maximum absolute atomic E-state index is 12.4. The standard InChI is InChI=1S/C15H23NO6/c1-13(2,3)21-11(17)15(12(18)22-14(4,5)6)9-10(15)7-8-16(19)20/h7-8,10H,9H2,1-6H3/b8-7+. The Morgan fingerprint density at radius 2 is 1.50 bits per heavy atom. The van der Waals surface area contributed by atoms with E-state index >= 15 is 0 Å². The van der Waals surface area contributed by atoms with Gasteiger partial charge in [0.05, 0.1) is 4.92 Å². The maximum Gasteiger partial charge on any atom is 0.324 e. The number of carbonyl (C=O) groups is 2. The molecule has 0 heterocycles. The second-order valence-corrected chi connectivity index (χ2v) is 7.41. The third-order valence-electron chi connectivity index (χ3n) is 2.98. The fourth-order valence-corrected chi connectivity index (χ4v) is 1.99. The van der Waals surface area contributed by atoms with Gasteiger partial charge in [0.2, 0.25) is 6.20 Å². The highest BCUT2D eigenvalue weighted by Gasteiger charge is 2.68. The number of nitro groups is 1. The minimum absolute atomic E-state index is 0.154. The van der Waals surface area contributed by atoms with E-state index in [0.717, 1.165) is 6.20 Å². The molecule has 0 aromatic carbocycles. The number of esters is 2. The Bertz CT molecular complexity index is 481. The average Bonchev–Trinajstić information content (AvgIpc) is 2.97. The van der Waals surface area contributed by atoms with Crippen LogP contribution in [0.3, 0.4) is 0 Å². The van der Waals surface area contributed by atoms with E-state index in [2.05, 4.69) is 0 Å². The predicted octanol–water partition coefficient (Wildman–Crippen LogP) is 2.47. The van der Waals surface area contributed by atoms with E-state index in [4.69, 9.17) is 9.47 Å². The van der Waals surface area contributed by atoms with Gasteiger partial charge in [-0.1, -0.05) is 0 Å². The highest BCUT2D eigenvalue weighted by atomic mass is 16.6. The Morgan fingerprint density at radius 3 is 1.82 bits per heavy atom. The van der Waals surface area contributed by atoms with Crippen LogP contribution in [0.1, 0.15) is 48.0 Å². The average molecular weight is 313 g/mol. The summed E-state index contributed by atoms with van der Waals surface area (Å²) < 4.78 is 10.6. The molecule has 0 spiro atoms. The van der Waals surface area contributed by atoms with Crippen molar-refractivity contribution in [1.82, 2.24) is 0 Å². The number of rotatable bonds is 4. The van der Waals surface area contributed by atoms with E-state index in [1.807, 2.05) is 0 Å². The molecule has 0 aromatic rings. The zero-order valence-electron chi connectivity index (χ0n) is 13.8. The zero-order chi connectivity index (χ0) is 17.3. The third-order valence-corrected chi connectivity index (χ3v) is 2.98. The SMILES string of the molecule is CC(C)(C)OC(=O)C1(C(=O)OC(C)(C)C)CC1/C=C/[N+](=O)[O-]. The molecule has 1 aliphatic carbocycles. The van der Waals surface area contributed by atoms with Crippen molar-refractivity contribution in [2.75, 3.05) is 0 Å². The molecule has 1 fully saturated rings. The van der Waals surface area contributed by atoms with E-state index in [1.54, 1.807) is 41.5 Å². The van der Waals surface area contributed by atoms with Gasteiger partial charge in [-0.25, -0.2) is 0 Å².